The van der Waals surface area contributed by atoms with Crippen LogP contribution in [0.25, 0.3) is 0 Å². The highest BCUT2D eigenvalue weighted by Gasteiger charge is 2.36. The third kappa shape index (κ3) is 0.727. The molecule has 1 aliphatic rings. The standard InChI is InChI=1S/C5H11NO2/c6-1-5(2-7)3-8-4-5/h7H,1-4,6H2. The third-order valence-corrected chi connectivity index (χ3v) is 1.58. The van der Waals surface area contributed by atoms with E-state index in [9.17, 15) is 0 Å². The molecular formula is C5H11NO2. The van der Waals surface area contributed by atoms with Crippen LogP contribution in [0, 0.1) is 5.41 Å². The fourth-order valence-electron chi connectivity index (χ4n) is 0.664. The van der Waals surface area contributed by atoms with Gasteiger partial charge in [-0.1, -0.05) is 0 Å². The second-order valence-corrected chi connectivity index (χ2v) is 2.36. The van der Waals surface area contributed by atoms with Crippen molar-refractivity contribution in [2.24, 2.45) is 11.1 Å². The van der Waals surface area contributed by atoms with E-state index in [-0.39, 0.29) is 12.0 Å². The highest BCUT2D eigenvalue weighted by atomic mass is 16.5. The zero-order valence-corrected chi connectivity index (χ0v) is 4.76. The predicted octanol–water partition coefficient (Wildman–Crippen LogP) is -1.05. The Morgan fingerprint density at radius 1 is 1.62 bits per heavy atom. The first-order valence-electron chi connectivity index (χ1n) is 2.72. The smallest absolute Gasteiger partial charge is 0.0579 e. The normalized spacial score (nSPS) is 24.8. The van der Waals surface area contributed by atoms with Crippen molar-refractivity contribution in [3.05, 3.63) is 0 Å². The molecule has 0 aromatic heterocycles. The average Bonchev–Trinajstić information content (AvgIpc) is 1.67. The van der Waals surface area contributed by atoms with Crippen LogP contribution >= 0.6 is 0 Å². The lowest BCUT2D eigenvalue weighted by Crippen LogP contribution is -2.50. The summed E-state index contributed by atoms with van der Waals surface area (Å²) in [7, 11) is 0. The number of ether oxygens (including phenoxy) is 1. The average molecular weight is 117 g/mol. The van der Waals surface area contributed by atoms with Crippen LogP contribution in [0.15, 0.2) is 0 Å². The molecule has 0 aromatic carbocycles. The van der Waals surface area contributed by atoms with Gasteiger partial charge in [-0.2, -0.15) is 0 Å². The van der Waals surface area contributed by atoms with Crippen LogP contribution in [0.4, 0.5) is 0 Å². The van der Waals surface area contributed by atoms with E-state index in [2.05, 4.69) is 0 Å². The summed E-state index contributed by atoms with van der Waals surface area (Å²) < 4.78 is 4.88. The molecule has 0 saturated carbocycles. The summed E-state index contributed by atoms with van der Waals surface area (Å²) in [5.74, 6) is 0. The van der Waals surface area contributed by atoms with Gasteiger partial charge in [-0.25, -0.2) is 0 Å². The molecule has 0 aliphatic carbocycles. The summed E-state index contributed by atoms with van der Waals surface area (Å²) >= 11 is 0. The molecule has 0 atom stereocenters. The lowest BCUT2D eigenvalue weighted by Gasteiger charge is -2.38. The van der Waals surface area contributed by atoms with Gasteiger partial charge in [0.15, 0.2) is 0 Å². The molecule has 8 heavy (non-hydrogen) atoms. The largest absolute Gasteiger partial charge is 0.396 e. The summed E-state index contributed by atoms with van der Waals surface area (Å²) in [6.07, 6.45) is 0. The monoisotopic (exact) mass is 117 g/mol. The van der Waals surface area contributed by atoms with E-state index in [0.29, 0.717) is 19.8 Å². The van der Waals surface area contributed by atoms with Crippen molar-refractivity contribution in [1.29, 1.82) is 0 Å². The Morgan fingerprint density at radius 2 is 2.25 bits per heavy atom. The SMILES string of the molecule is NCC1(CO)COC1. The lowest BCUT2D eigenvalue weighted by molar-refractivity contribution is -0.130. The van der Waals surface area contributed by atoms with Crippen molar-refractivity contribution < 1.29 is 9.84 Å². The van der Waals surface area contributed by atoms with E-state index in [0.717, 1.165) is 0 Å². The van der Waals surface area contributed by atoms with Crippen LogP contribution in [-0.2, 0) is 4.74 Å². The molecule has 1 heterocycles. The zero-order valence-electron chi connectivity index (χ0n) is 4.76. The van der Waals surface area contributed by atoms with E-state index < -0.39 is 0 Å². The maximum absolute atomic E-state index is 8.68. The highest BCUT2D eigenvalue weighted by Crippen LogP contribution is 2.24. The van der Waals surface area contributed by atoms with Crippen LogP contribution < -0.4 is 5.73 Å². The molecule has 0 unspecified atom stereocenters. The van der Waals surface area contributed by atoms with Crippen molar-refractivity contribution in [3.63, 3.8) is 0 Å². The van der Waals surface area contributed by atoms with Crippen LogP contribution in [0.5, 0.6) is 0 Å². The van der Waals surface area contributed by atoms with Gasteiger partial charge in [-0.3, -0.25) is 0 Å². The van der Waals surface area contributed by atoms with Gasteiger partial charge in [0.05, 0.1) is 25.2 Å². The summed E-state index contributed by atoms with van der Waals surface area (Å²) in [5, 5.41) is 8.68. The van der Waals surface area contributed by atoms with Gasteiger partial charge in [0.25, 0.3) is 0 Å². The molecule has 0 amide bonds. The first kappa shape index (κ1) is 6.01. The molecule has 1 rings (SSSR count). The molecular weight excluding hydrogens is 106 g/mol. The van der Waals surface area contributed by atoms with Crippen LogP contribution in [0.3, 0.4) is 0 Å². The Kier molecular flexibility index (Phi) is 1.51. The van der Waals surface area contributed by atoms with Crippen LogP contribution in [0.2, 0.25) is 0 Å². The summed E-state index contributed by atoms with van der Waals surface area (Å²) in [6, 6.07) is 0. The van der Waals surface area contributed by atoms with Crippen LogP contribution in [0.1, 0.15) is 0 Å². The molecule has 3 heteroatoms. The molecule has 1 saturated heterocycles. The van der Waals surface area contributed by atoms with E-state index in [1.807, 2.05) is 0 Å². The van der Waals surface area contributed by atoms with E-state index >= 15 is 0 Å². The Hall–Kier alpha value is -0.120. The Labute approximate surface area is 48.4 Å². The van der Waals surface area contributed by atoms with Crippen molar-refractivity contribution in [2.75, 3.05) is 26.4 Å². The minimum atomic E-state index is -0.0833. The van der Waals surface area contributed by atoms with Crippen molar-refractivity contribution in [3.8, 4) is 0 Å². The van der Waals surface area contributed by atoms with E-state index in [4.69, 9.17) is 15.6 Å². The van der Waals surface area contributed by atoms with Gasteiger partial charge in [-0.15, -0.1) is 0 Å². The summed E-state index contributed by atoms with van der Waals surface area (Å²) in [4.78, 5) is 0. The van der Waals surface area contributed by atoms with Crippen LogP contribution in [-0.4, -0.2) is 31.5 Å². The fourth-order valence-corrected chi connectivity index (χ4v) is 0.664. The Balaban J connectivity index is 2.33. The maximum atomic E-state index is 8.68. The Bertz CT molecular complexity index is 67.0. The second kappa shape index (κ2) is 2.01. The number of hydrogen-bond acceptors (Lipinski definition) is 3. The molecule has 3 N–H and O–H groups in total. The topological polar surface area (TPSA) is 55.5 Å². The van der Waals surface area contributed by atoms with Gasteiger partial charge in [0, 0.05) is 6.54 Å². The quantitative estimate of drug-likeness (QED) is 0.485. The second-order valence-electron chi connectivity index (χ2n) is 2.36. The van der Waals surface area contributed by atoms with E-state index in [1.54, 1.807) is 0 Å². The van der Waals surface area contributed by atoms with Crippen molar-refractivity contribution in [1.82, 2.24) is 0 Å². The Morgan fingerprint density at radius 3 is 2.25 bits per heavy atom. The van der Waals surface area contributed by atoms with Gasteiger partial charge in [0.2, 0.25) is 0 Å². The minimum Gasteiger partial charge on any atom is -0.396 e. The number of nitrogens with two attached hydrogens (primary N) is 1. The summed E-state index contributed by atoms with van der Waals surface area (Å²) in [6.45, 7) is 1.94. The molecule has 3 nitrogen and oxygen atoms in total. The summed E-state index contributed by atoms with van der Waals surface area (Å²) in [5.41, 5.74) is 5.26. The third-order valence-electron chi connectivity index (χ3n) is 1.58. The van der Waals surface area contributed by atoms with Gasteiger partial charge < -0.3 is 15.6 Å². The van der Waals surface area contributed by atoms with Crippen molar-refractivity contribution in [2.45, 2.75) is 0 Å². The molecule has 0 aromatic rings. The van der Waals surface area contributed by atoms with Gasteiger partial charge in [0.1, 0.15) is 0 Å². The van der Waals surface area contributed by atoms with E-state index in [1.165, 1.54) is 0 Å². The lowest BCUT2D eigenvalue weighted by atomic mass is 9.87. The number of aliphatic hydroxyl groups is 1. The fraction of sp³-hybridized carbons (Fsp3) is 1.00. The minimum absolute atomic E-state index is 0.0833. The van der Waals surface area contributed by atoms with Gasteiger partial charge in [-0.05, 0) is 0 Å². The molecule has 1 fully saturated rings. The molecule has 0 radical (unpaired) electrons. The molecule has 1 aliphatic heterocycles. The molecule has 48 valence electrons. The van der Waals surface area contributed by atoms with Crippen molar-refractivity contribution >= 4 is 0 Å². The van der Waals surface area contributed by atoms with Gasteiger partial charge >= 0.3 is 0 Å². The maximum Gasteiger partial charge on any atom is 0.0579 e. The highest BCUT2D eigenvalue weighted by molar-refractivity contribution is 4.85. The molecule has 0 spiro atoms. The number of rotatable bonds is 2. The molecule has 0 bridgehead atoms. The predicted molar refractivity (Wildman–Crippen MR) is 29.4 cm³/mol. The number of aliphatic hydroxyl groups excluding tert-OH is 1. The number of hydrogen-bond donors (Lipinski definition) is 2. The first-order valence-corrected chi connectivity index (χ1v) is 2.72. The first-order chi connectivity index (χ1) is 3.83. The zero-order chi connectivity index (χ0) is 6.04.